The molecule has 0 fully saturated rings. The number of carbonyl (C=O) groups excluding carboxylic acids is 1. The minimum Gasteiger partial charge on any atom is -0.335 e. The molecular weight excluding hydrogens is 460 g/mol. The van der Waals surface area contributed by atoms with E-state index in [4.69, 9.17) is 9.97 Å². The van der Waals surface area contributed by atoms with Crippen LogP contribution in [0.1, 0.15) is 13.8 Å². The van der Waals surface area contributed by atoms with Gasteiger partial charge >= 0.3 is 0 Å². The number of rotatable bonds is 5. The van der Waals surface area contributed by atoms with E-state index in [2.05, 4.69) is 41.9 Å². The number of imidazole rings is 1. The number of hydrogen-bond donors (Lipinski definition) is 3. The standard InChI is InChI=1S/C25H20N8OS/c1-13(2)25(34)28-16-7-15(8-26-9-16)18-3-4-19-22(29-18)23(33-32-19)24-30-20-11-27-10-17(21(20)31-24)14-5-6-35-12-14/h3-13H,1-2H3,(H,28,34)(H,30,31)(H,32,33). The molecule has 0 aliphatic heterocycles. The van der Waals surface area contributed by atoms with Crippen molar-refractivity contribution in [3.05, 3.63) is 59.8 Å². The summed E-state index contributed by atoms with van der Waals surface area (Å²) in [5.74, 6) is 0.419. The largest absolute Gasteiger partial charge is 0.335 e. The molecule has 0 aliphatic rings. The Bertz CT molecular complexity index is 1680. The fourth-order valence-electron chi connectivity index (χ4n) is 3.83. The molecule has 0 saturated carbocycles. The van der Waals surface area contributed by atoms with Crippen molar-refractivity contribution in [3.8, 4) is 33.9 Å². The Kier molecular flexibility index (Phi) is 5.07. The lowest BCUT2D eigenvalue weighted by Crippen LogP contribution is -2.17. The third-order valence-corrected chi connectivity index (χ3v) is 6.37. The molecule has 0 aromatic carbocycles. The zero-order valence-electron chi connectivity index (χ0n) is 18.9. The number of carbonyl (C=O) groups is 1. The van der Waals surface area contributed by atoms with Crippen LogP contribution in [0.5, 0.6) is 0 Å². The molecule has 0 radical (unpaired) electrons. The second kappa shape index (κ2) is 8.41. The van der Waals surface area contributed by atoms with Gasteiger partial charge in [-0.25, -0.2) is 9.97 Å². The molecule has 9 nitrogen and oxygen atoms in total. The number of pyridine rings is 3. The van der Waals surface area contributed by atoms with Crippen molar-refractivity contribution in [3.63, 3.8) is 0 Å². The highest BCUT2D eigenvalue weighted by molar-refractivity contribution is 7.08. The van der Waals surface area contributed by atoms with Crippen LogP contribution in [-0.4, -0.2) is 41.0 Å². The first-order chi connectivity index (χ1) is 17.1. The van der Waals surface area contributed by atoms with Gasteiger partial charge in [-0.3, -0.25) is 19.9 Å². The molecule has 6 aromatic rings. The summed E-state index contributed by atoms with van der Waals surface area (Å²) < 4.78 is 0. The predicted molar refractivity (Wildman–Crippen MR) is 137 cm³/mol. The lowest BCUT2D eigenvalue weighted by Gasteiger charge is -2.08. The highest BCUT2D eigenvalue weighted by Gasteiger charge is 2.17. The summed E-state index contributed by atoms with van der Waals surface area (Å²) >= 11 is 1.63. The molecule has 0 atom stereocenters. The van der Waals surface area contributed by atoms with E-state index >= 15 is 0 Å². The number of H-pyrrole nitrogens is 2. The van der Waals surface area contributed by atoms with Gasteiger partial charge in [0.05, 0.1) is 34.8 Å². The fraction of sp³-hybridized carbons (Fsp3) is 0.120. The van der Waals surface area contributed by atoms with Gasteiger partial charge in [-0.05, 0) is 40.6 Å². The predicted octanol–water partition coefficient (Wildman–Crippen LogP) is 5.28. The van der Waals surface area contributed by atoms with E-state index < -0.39 is 0 Å². The maximum atomic E-state index is 12.1. The zero-order chi connectivity index (χ0) is 23.9. The number of aromatic amines is 2. The minimum absolute atomic E-state index is 0.0642. The molecule has 3 N–H and O–H groups in total. The van der Waals surface area contributed by atoms with E-state index in [1.807, 2.05) is 43.6 Å². The number of anilines is 1. The van der Waals surface area contributed by atoms with Crippen LogP contribution in [-0.2, 0) is 4.79 Å². The second-order valence-electron chi connectivity index (χ2n) is 8.45. The number of amides is 1. The normalized spacial score (nSPS) is 11.5. The molecular formula is C25H20N8OS. The van der Waals surface area contributed by atoms with Crippen molar-refractivity contribution in [1.82, 2.24) is 35.1 Å². The van der Waals surface area contributed by atoms with Crippen LogP contribution in [0, 0.1) is 5.92 Å². The Morgan fingerprint density at radius 2 is 1.86 bits per heavy atom. The molecule has 6 aromatic heterocycles. The summed E-state index contributed by atoms with van der Waals surface area (Å²) in [6.07, 6.45) is 6.93. The van der Waals surface area contributed by atoms with Crippen LogP contribution < -0.4 is 5.32 Å². The first kappa shape index (κ1) is 21.1. The number of fused-ring (bicyclic) bond motifs is 2. The molecule has 0 aliphatic carbocycles. The quantitative estimate of drug-likeness (QED) is 0.308. The SMILES string of the molecule is CC(C)C(=O)Nc1cncc(-c2ccc3[nH]nc(-c4nc5c(-c6ccsc6)cncc5[nH]4)c3n2)c1. The van der Waals surface area contributed by atoms with Crippen LogP contribution in [0.4, 0.5) is 5.69 Å². The molecule has 6 heterocycles. The Labute approximate surface area is 203 Å². The number of thiophene rings is 1. The topological polar surface area (TPSA) is 125 Å². The van der Waals surface area contributed by atoms with Crippen LogP contribution in [0.3, 0.4) is 0 Å². The lowest BCUT2D eigenvalue weighted by molar-refractivity contribution is -0.118. The van der Waals surface area contributed by atoms with Gasteiger partial charge < -0.3 is 10.3 Å². The first-order valence-electron chi connectivity index (χ1n) is 11.0. The summed E-state index contributed by atoms with van der Waals surface area (Å²) in [7, 11) is 0. The highest BCUT2D eigenvalue weighted by atomic mass is 32.1. The molecule has 0 bridgehead atoms. The van der Waals surface area contributed by atoms with E-state index in [1.165, 1.54) is 0 Å². The van der Waals surface area contributed by atoms with Crippen LogP contribution in [0.2, 0.25) is 0 Å². The van der Waals surface area contributed by atoms with E-state index in [0.717, 1.165) is 33.2 Å². The highest BCUT2D eigenvalue weighted by Crippen LogP contribution is 2.32. The summed E-state index contributed by atoms with van der Waals surface area (Å²) in [5.41, 5.74) is 7.92. The third kappa shape index (κ3) is 3.83. The number of nitrogens with zero attached hydrogens (tertiary/aromatic N) is 5. The van der Waals surface area contributed by atoms with Crippen molar-refractivity contribution < 1.29 is 4.79 Å². The summed E-state index contributed by atoms with van der Waals surface area (Å²) in [4.78, 5) is 33.8. The monoisotopic (exact) mass is 480 g/mol. The summed E-state index contributed by atoms with van der Waals surface area (Å²) in [6.45, 7) is 3.69. The van der Waals surface area contributed by atoms with Crippen molar-refractivity contribution in [2.45, 2.75) is 13.8 Å². The van der Waals surface area contributed by atoms with Crippen LogP contribution in [0.25, 0.3) is 56.0 Å². The Morgan fingerprint density at radius 1 is 0.971 bits per heavy atom. The Hall–Kier alpha value is -4.44. The second-order valence-corrected chi connectivity index (χ2v) is 9.23. The molecule has 172 valence electrons. The maximum absolute atomic E-state index is 12.1. The zero-order valence-corrected chi connectivity index (χ0v) is 19.7. The average molecular weight is 481 g/mol. The molecule has 35 heavy (non-hydrogen) atoms. The van der Waals surface area contributed by atoms with E-state index in [1.54, 1.807) is 29.9 Å². The summed E-state index contributed by atoms with van der Waals surface area (Å²) in [6, 6.07) is 7.74. The van der Waals surface area contributed by atoms with Gasteiger partial charge in [0, 0.05) is 29.4 Å². The minimum atomic E-state index is -0.124. The Balaban J connectivity index is 1.41. The molecule has 10 heteroatoms. The van der Waals surface area contributed by atoms with Crippen LogP contribution in [0.15, 0.2) is 59.8 Å². The van der Waals surface area contributed by atoms with Crippen molar-refractivity contribution in [1.29, 1.82) is 0 Å². The average Bonchev–Trinajstić information content (AvgIpc) is 3.62. The van der Waals surface area contributed by atoms with Crippen LogP contribution >= 0.6 is 11.3 Å². The number of aromatic nitrogens is 7. The summed E-state index contributed by atoms with van der Waals surface area (Å²) in [5, 5.41) is 14.5. The molecule has 0 unspecified atom stereocenters. The van der Waals surface area contributed by atoms with Gasteiger partial charge in [-0.2, -0.15) is 16.4 Å². The number of nitrogens with one attached hydrogen (secondary N) is 3. The Morgan fingerprint density at radius 3 is 2.69 bits per heavy atom. The van der Waals surface area contributed by atoms with Crippen molar-refractivity contribution >= 4 is 45.0 Å². The number of hydrogen-bond acceptors (Lipinski definition) is 7. The molecule has 0 spiro atoms. The van der Waals surface area contributed by atoms with E-state index in [9.17, 15) is 4.79 Å². The molecule has 0 saturated heterocycles. The maximum Gasteiger partial charge on any atom is 0.226 e. The van der Waals surface area contributed by atoms with Gasteiger partial charge in [0.1, 0.15) is 11.0 Å². The van der Waals surface area contributed by atoms with Gasteiger partial charge in [0.2, 0.25) is 5.91 Å². The smallest absolute Gasteiger partial charge is 0.226 e. The van der Waals surface area contributed by atoms with Gasteiger partial charge in [0.15, 0.2) is 11.5 Å². The van der Waals surface area contributed by atoms with E-state index in [0.29, 0.717) is 28.4 Å². The molecule has 1 amide bonds. The van der Waals surface area contributed by atoms with Crippen molar-refractivity contribution in [2.24, 2.45) is 5.92 Å². The van der Waals surface area contributed by atoms with Gasteiger partial charge in [-0.1, -0.05) is 13.8 Å². The first-order valence-corrected chi connectivity index (χ1v) is 12.0. The molecule has 6 rings (SSSR count). The third-order valence-electron chi connectivity index (χ3n) is 5.68. The van der Waals surface area contributed by atoms with Gasteiger partial charge in [-0.15, -0.1) is 0 Å². The van der Waals surface area contributed by atoms with Gasteiger partial charge in [0.25, 0.3) is 0 Å². The van der Waals surface area contributed by atoms with Crippen molar-refractivity contribution in [2.75, 3.05) is 5.32 Å². The lowest BCUT2D eigenvalue weighted by atomic mass is 10.1. The fourth-order valence-corrected chi connectivity index (χ4v) is 4.49. The van der Waals surface area contributed by atoms with E-state index in [-0.39, 0.29) is 11.8 Å².